The van der Waals surface area contributed by atoms with Crippen molar-refractivity contribution in [2.45, 2.75) is 19.8 Å². The highest BCUT2D eigenvalue weighted by atomic mass is 35.5. The molecule has 4 nitrogen and oxygen atoms in total. The van der Waals surface area contributed by atoms with Crippen molar-refractivity contribution in [3.63, 3.8) is 0 Å². The van der Waals surface area contributed by atoms with Crippen LogP contribution in [0.4, 0.5) is 5.95 Å². The minimum atomic E-state index is 0.570. The average Bonchev–Trinajstić information content (AvgIpc) is 2.81. The molecule has 1 N–H and O–H groups in total. The Morgan fingerprint density at radius 1 is 1.35 bits per heavy atom. The van der Waals surface area contributed by atoms with E-state index in [1.807, 2.05) is 0 Å². The molecule has 1 aromatic rings. The van der Waals surface area contributed by atoms with E-state index in [9.17, 15) is 0 Å². The highest BCUT2D eigenvalue weighted by Crippen LogP contribution is 2.11. The van der Waals surface area contributed by atoms with Gasteiger partial charge in [0.2, 0.25) is 5.95 Å². The summed E-state index contributed by atoms with van der Waals surface area (Å²) in [5, 5.41) is 3.81. The standard InChI is InChI=1S/C12H19ClN4/c1-10(9-17-4-2-3-5-17)6-14-12-15-7-11(13)8-16-12/h7-8,10H,2-6,9H2,1H3,(H,14,15,16). The van der Waals surface area contributed by atoms with Gasteiger partial charge in [0.25, 0.3) is 0 Å². The molecule has 0 aromatic carbocycles. The fraction of sp³-hybridized carbons (Fsp3) is 0.667. The van der Waals surface area contributed by atoms with Gasteiger partial charge in [-0.25, -0.2) is 9.97 Å². The molecule has 0 amide bonds. The van der Waals surface area contributed by atoms with E-state index < -0.39 is 0 Å². The molecule has 1 saturated heterocycles. The maximum Gasteiger partial charge on any atom is 0.222 e. The van der Waals surface area contributed by atoms with Gasteiger partial charge in [0.1, 0.15) is 0 Å². The summed E-state index contributed by atoms with van der Waals surface area (Å²) < 4.78 is 0. The van der Waals surface area contributed by atoms with Crippen LogP contribution in [0.2, 0.25) is 5.02 Å². The van der Waals surface area contributed by atoms with Crippen LogP contribution in [-0.2, 0) is 0 Å². The summed E-state index contributed by atoms with van der Waals surface area (Å²) in [6.45, 7) is 6.81. The van der Waals surface area contributed by atoms with Gasteiger partial charge >= 0.3 is 0 Å². The van der Waals surface area contributed by atoms with Gasteiger partial charge in [0.15, 0.2) is 0 Å². The minimum absolute atomic E-state index is 0.570. The number of nitrogens with one attached hydrogen (secondary N) is 1. The lowest BCUT2D eigenvalue weighted by Crippen LogP contribution is -2.29. The van der Waals surface area contributed by atoms with Crippen molar-refractivity contribution < 1.29 is 0 Å². The quantitative estimate of drug-likeness (QED) is 0.875. The van der Waals surface area contributed by atoms with Gasteiger partial charge in [0, 0.05) is 13.1 Å². The number of rotatable bonds is 5. The van der Waals surface area contributed by atoms with E-state index in [4.69, 9.17) is 11.6 Å². The first-order valence-corrected chi connectivity index (χ1v) is 6.55. The van der Waals surface area contributed by atoms with Crippen LogP contribution < -0.4 is 5.32 Å². The number of hydrogen-bond donors (Lipinski definition) is 1. The maximum absolute atomic E-state index is 5.73. The molecule has 17 heavy (non-hydrogen) atoms. The maximum atomic E-state index is 5.73. The van der Waals surface area contributed by atoms with Crippen LogP contribution in [0.5, 0.6) is 0 Å². The Balaban J connectivity index is 1.71. The van der Waals surface area contributed by atoms with E-state index in [2.05, 4.69) is 27.1 Å². The van der Waals surface area contributed by atoms with Crippen molar-refractivity contribution >= 4 is 17.5 Å². The molecule has 0 saturated carbocycles. The van der Waals surface area contributed by atoms with E-state index in [1.165, 1.54) is 25.9 Å². The molecule has 1 unspecified atom stereocenters. The molecular formula is C12H19ClN4. The van der Waals surface area contributed by atoms with Crippen LogP contribution in [0, 0.1) is 5.92 Å². The molecule has 1 aliphatic heterocycles. The van der Waals surface area contributed by atoms with Crippen LogP contribution in [0.25, 0.3) is 0 Å². The monoisotopic (exact) mass is 254 g/mol. The average molecular weight is 255 g/mol. The third kappa shape index (κ3) is 4.13. The van der Waals surface area contributed by atoms with E-state index in [-0.39, 0.29) is 0 Å². The summed E-state index contributed by atoms with van der Waals surface area (Å²) in [5.41, 5.74) is 0. The van der Waals surface area contributed by atoms with Crippen molar-refractivity contribution in [3.05, 3.63) is 17.4 Å². The topological polar surface area (TPSA) is 41.1 Å². The van der Waals surface area contributed by atoms with Gasteiger partial charge in [-0.05, 0) is 31.8 Å². The zero-order valence-electron chi connectivity index (χ0n) is 10.2. The van der Waals surface area contributed by atoms with Crippen LogP contribution in [0.1, 0.15) is 19.8 Å². The van der Waals surface area contributed by atoms with E-state index in [1.54, 1.807) is 12.4 Å². The molecule has 1 aromatic heterocycles. The normalized spacial score (nSPS) is 18.2. The molecule has 0 radical (unpaired) electrons. The van der Waals surface area contributed by atoms with Gasteiger partial charge in [-0.15, -0.1) is 0 Å². The summed E-state index contributed by atoms with van der Waals surface area (Å²) >= 11 is 5.73. The molecule has 1 atom stereocenters. The van der Waals surface area contributed by atoms with Crippen LogP contribution >= 0.6 is 11.6 Å². The smallest absolute Gasteiger partial charge is 0.222 e. The first kappa shape index (κ1) is 12.6. The minimum Gasteiger partial charge on any atom is -0.354 e. The Morgan fingerprint density at radius 3 is 2.65 bits per heavy atom. The van der Waals surface area contributed by atoms with Crippen molar-refractivity contribution in [3.8, 4) is 0 Å². The zero-order valence-corrected chi connectivity index (χ0v) is 11.0. The molecule has 1 fully saturated rings. The lowest BCUT2D eigenvalue weighted by Gasteiger charge is -2.20. The summed E-state index contributed by atoms with van der Waals surface area (Å²) in [7, 11) is 0. The van der Waals surface area contributed by atoms with Gasteiger partial charge in [-0.1, -0.05) is 18.5 Å². The summed E-state index contributed by atoms with van der Waals surface area (Å²) in [6.07, 6.45) is 5.92. The molecule has 94 valence electrons. The van der Waals surface area contributed by atoms with Crippen molar-refractivity contribution in [2.75, 3.05) is 31.5 Å². The highest BCUT2D eigenvalue weighted by molar-refractivity contribution is 6.30. The first-order valence-electron chi connectivity index (χ1n) is 6.18. The van der Waals surface area contributed by atoms with Crippen LogP contribution in [0.15, 0.2) is 12.4 Å². The number of aromatic nitrogens is 2. The molecule has 5 heteroatoms. The molecule has 0 aliphatic carbocycles. The predicted molar refractivity (Wildman–Crippen MR) is 70.4 cm³/mol. The fourth-order valence-electron chi connectivity index (χ4n) is 2.14. The third-order valence-electron chi connectivity index (χ3n) is 3.00. The van der Waals surface area contributed by atoms with Crippen molar-refractivity contribution in [1.82, 2.24) is 14.9 Å². The SMILES string of the molecule is CC(CNc1ncc(Cl)cn1)CN1CCCC1. The molecule has 2 rings (SSSR count). The summed E-state index contributed by atoms with van der Waals surface area (Å²) in [5.74, 6) is 1.26. The molecule has 2 heterocycles. The Bertz CT molecular complexity index is 335. The van der Waals surface area contributed by atoms with E-state index in [0.717, 1.165) is 13.1 Å². The van der Waals surface area contributed by atoms with Crippen LogP contribution in [-0.4, -0.2) is 41.0 Å². The zero-order chi connectivity index (χ0) is 12.1. The molecule has 0 bridgehead atoms. The van der Waals surface area contributed by atoms with Gasteiger partial charge in [-0.3, -0.25) is 0 Å². The number of anilines is 1. The number of halogens is 1. The van der Waals surface area contributed by atoms with Crippen LogP contribution in [0.3, 0.4) is 0 Å². The summed E-state index contributed by atoms with van der Waals surface area (Å²) in [6, 6.07) is 0. The number of nitrogens with zero attached hydrogens (tertiary/aromatic N) is 3. The fourth-order valence-corrected chi connectivity index (χ4v) is 2.24. The van der Waals surface area contributed by atoms with Crippen molar-refractivity contribution in [2.24, 2.45) is 5.92 Å². The predicted octanol–water partition coefficient (Wildman–Crippen LogP) is 2.27. The summed E-state index contributed by atoms with van der Waals surface area (Å²) in [4.78, 5) is 10.8. The second-order valence-corrected chi connectivity index (χ2v) is 5.16. The Kier molecular flexibility index (Phi) is 4.57. The number of hydrogen-bond acceptors (Lipinski definition) is 4. The molecular weight excluding hydrogens is 236 g/mol. The molecule has 0 spiro atoms. The number of likely N-dealkylation sites (tertiary alicyclic amines) is 1. The second kappa shape index (κ2) is 6.17. The van der Waals surface area contributed by atoms with E-state index in [0.29, 0.717) is 16.9 Å². The Hall–Kier alpha value is -0.870. The van der Waals surface area contributed by atoms with Gasteiger partial charge in [-0.2, -0.15) is 0 Å². The second-order valence-electron chi connectivity index (χ2n) is 4.72. The molecule has 1 aliphatic rings. The van der Waals surface area contributed by atoms with E-state index >= 15 is 0 Å². The lowest BCUT2D eigenvalue weighted by molar-refractivity contribution is 0.294. The van der Waals surface area contributed by atoms with Crippen molar-refractivity contribution in [1.29, 1.82) is 0 Å². The Morgan fingerprint density at radius 2 is 2.00 bits per heavy atom. The lowest BCUT2D eigenvalue weighted by atomic mass is 10.1. The van der Waals surface area contributed by atoms with Gasteiger partial charge < -0.3 is 10.2 Å². The largest absolute Gasteiger partial charge is 0.354 e. The highest BCUT2D eigenvalue weighted by Gasteiger charge is 2.14. The van der Waals surface area contributed by atoms with Gasteiger partial charge in [0.05, 0.1) is 17.4 Å². The third-order valence-corrected chi connectivity index (χ3v) is 3.19. The first-order chi connectivity index (χ1) is 8.24. The Labute approximate surface area is 107 Å².